The number of rotatable bonds is 35. The number of pyridine rings is 1. The van der Waals surface area contributed by atoms with Crippen molar-refractivity contribution in [2.45, 2.75) is 129 Å². The fourth-order valence-corrected chi connectivity index (χ4v) is 17.3. The molecule has 0 spiro atoms. The number of allylic oxidation sites excluding steroid dienone is 2. The predicted molar refractivity (Wildman–Crippen MR) is 393 cm³/mol. The van der Waals surface area contributed by atoms with Crippen LogP contribution in [0.3, 0.4) is 0 Å². The van der Waals surface area contributed by atoms with Gasteiger partial charge < -0.3 is 84.4 Å². The van der Waals surface area contributed by atoms with Crippen LogP contribution >= 0.6 is 11.3 Å². The standard InChI is InChI=1S/C74H92N10O22S2/c1-44(51(33-75)49-15-17-59(80-64(49)68(93)94)83-22-20-48-52(34-83)50(14-16-55(48)100-7)65(89)81-69-79-53-10-8-9-11-58(53)107-69)77-43-73(5)40-72(4)38-71(2,3)39-74(41-72,42-73)104-27-24-82(23-26-99-6)70(95)103-36-45-12-13-47(105-63-31-46(85)30-57(106-63)67(91)92)32-56(45)102-29-28-101-25-21-76-66(90)54(37-108(96,97)98)78-60(86)35-84-61(87)18-19-62(84)88/h8-19,32-33,46,54,57,63,75,77,85H,20-31,34-43H2,1-7H3,(H,76,90)(H,78,86)(H,91,92)(H,93,94)(H,79,81,89)(H,96,97,98)/b51-44+,75-33?/t46-,54-,57-,63+,72?,73?,74?/m0/s1. The SMILES string of the molecule is COCCN(CCOC12CC(C)(C)CC(C)(CC(C)(CN/C(C)=C(\C=N)c3ccc(N4CCc5c(OC)ccc(C(=O)Nc6nc7ccccc7s6)c5C4)nc3C(=O)O)C1)C2)C(=O)OCc1ccc(O[C@H]2C[C@@H](O)C[C@@H](C(=O)O)O2)cc1OCCOCCNC(=O)[C@H](CS(=O)(=O)O)NC(=O)CN1C(=O)C=CC1=O. The first kappa shape index (κ1) is 80.9. The van der Waals surface area contributed by atoms with Gasteiger partial charge in [0, 0.05) is 117 Å². The lowest BCUT2D eigenvalue weighted by atomic mass is 9.48. The van der Waals surface area contributed by atoms with Crippen LogP contribution in [0.25, 0.3) is 15.8 Å². The van der Waals surface area contributed by atoms with Gasteiger partial charge in [0.15, 0.2) is 16.9 Å². The number of amides is 6. The number of carboxylic acids is 2. The van der Waals surface area contributed by atoms with E-state index in [-0.39, 0.29) is 124 Å². The Labute approximate surface area is 628 Å². The average Bonchev–Trinajstić information content (AvgIpc) is 0.898. The molecule has 2 bridgehead atoms. The highest BCUT2D eigenvalue weighted by Gasteiger charge is 2.58. The first-order valence-electron chi connectivity index (χ1n) is 35.2. The van der Waals surface area contributed by atoms with Gasteiger partial charge in [-0.2, -0.15) is 8.42 Å². The number of aliphatic hydroxyl groups excluding tert-OH is 1. The van der Waals surface area contributed by atoms with Crippen molar-refractivity contribution in [3.63, 3.8) is 0 Å². The molecule has 108 heavy (non-hydrogen) atoms. The molecular weight excluding hydrogens is 1440 g/mol. The maximum Gasteiger partial charge on any atom is 0.410 e. The van der Waals surface area contributed by atoms with Crippen LogP contribution in [0, 0.1) is 21.7 Å². The van der Waals surface area contributed by atoms with Gasteiger partial charge in [0.25, 0.3) is 27.8 Å². The van der Waals surface area contributed by atoms with Crippen molar-refractivity contribution >= 4 is 102 Å². The summed E-state index contributed by atoms with van der Waals surface area (Å²) < 4.78 is 81.5. The quantitative estimate of drug-likeness (QED) is 0.00919. The molecule has 32 nitrogen and oxygen atoms in total. The van der Waals surface area contributed by atoms with E-state index in [4.69, 9.17) is 48.3 Å². The highest BCUT2D eigenvalue weighted by Crippen LogP contribution is 2.63. The molecule has 582 valence electrons. The Morgan fingerprint density at radius 2 is 1.60 bits per heavy atom. The number of anilines is 2. The van der Waals surface area contributed by atoms with E-state index in [0.717, 1.165) is 59.8 Å². The lowest BCUT2D eigenvalue weighted by Gasteiger charge is -2.61. The van der Waals surface area contributed by atoms with Crippen molar-refractivity contribution in [3.05, 3.63) is 118 Å². The Hall–Kier alpha value is -9.68. The van der Waals surface area contributed by atoms with Gasteiger partial charge in [0.1, 0.15) is 54.6 Å². The van der Waals surface area contributed by atoms with E-state index < -0.39 is 94.2 Å². The second kappa shape index (κ2) is 34.7. The number of aromatic nitrogens is 2. The molecule has 7 atom stereocenters. The molecule has 2 aromatic heterocycles. The Kier molecular flexibility index (Phi) is 26.0. The van der Waals surface area contributed by atoms with Crippen molar-refractivity contribution in [1.82, 2.24) is 35.7 Å². The smallest absolute Gasteiger partial charge is 0.410 e. The van der Waals surface area contributed by atoms with E-state index in [2.05, 4.69) is 53.9 Å². The lowest BCUT2D eigenvalue weighted by Crippen LogP contribution is -2.58. The van der Waals surface area contributed by atoms with Crippen LogP contribution in [0.2, 0.25) is 0 Å². The summed E-state index contributed by atoms with van der Waals surface area (Å²) in [5.41, 5.74) is 2.73. The fourth-order valence-electron chi connectivity index (χ4n) is 15.8. The highest BCUT2D eigenvalue weighted by atomic mass is 32.2. The number of aliphatic carboxylic acids is 1. The van der Waals surface area contributed by atoms with E-state index >= 15 is 0 Å². The largest absolute Gasteiger partial charge is 0.496 e. The number of hydrogen-bond acceptors (Lipinski definition) is 25. The van der Waals surface area contributed by atoms with Crippen molar-refractivity contribution in [2.75, 3.05) is 102 Å². The molecule has 1 saturated heterocycles. The number of ether oxygens (including phenoxy) is 8. The maximum absolute atomic E-state index is 14.2. The number of nitrogens with zero attached hydrogens (tertiary/aromatic N) is 5. The van der Waals surface area contributed by atoms with E-state index in [1.165, 1.54) is 35.5 Å². The number of aromatic carboxylic acids is 1. The molecule has 3 aliphatic heterocycles. The van der Waals surface area contributed by atoms with Crippen LogP contribution in [0.1, 0.15) is 123 Å². The number of benzene rings is 3. The summed E-state index contributed by atoms with van der Waals surface area (Å²) in [4.78, 5) is 116. The normalized spacial score (nSPS) is 22.1. The minimum atomic E-state index is -4.82. The monoisotopic (exact) mass is 1540 g/mol. The van der Waals surface area contributed by atoms with Gasteiger partial charge in [-0.05, 0) is 116 Å². The lowest BCUT2D eigenvalue weighted by molar-refractivity contribution is -0.195. The molecule has 3 fully saturated rings. The van der Waals surface area contributed by atoms with Crippen LogP contribution in [0.5, 0.6) is 17.2 Å². The topological polar surface area (TPSA) is 433 Å². The molecule has 5 heterocycles. The van der Waals surface area contributed by atoms with Gasteiger partial charge in [-0.15, -0.1) is 0 Å². The number of carbonyl (C=O) groups is 8. The Bertz CT molecular complexity index is 4360. The zero-order chi connectivity index (χ0) is 77.9. The van der Waals surface area contributed by atoms with Crippen molar-refractivity contribution in [2.24, 2.45) is 16.2 Å². The molecule has 5 aliphatic rings. The Morgan fingerprint density at radius 3 is 2.31 bits per heavy atom. The summed E-state index contributed by atoms with van der Waals surface area (Å²) in [5.74, 6) is -6.49. The molecule has 0 radical (unpaired) electrons. The van der Waals surface area contributed by atoms with E-state index in [9.17, 15) is 66.6 Å². The third-order valence-corrected chi connectivity index (χ3v) is 21.2. The Morgan fingerprint density at radius 1 is 0.852 bits per heavy atom. The van der Waals surface area contributed by atoms with Crippen molar-refractivity contribution < 1.29 is 105 Å². The van der Waals surface area contributed by atoms with Crippen LogP contribution in [0.15, 0.2) is 84.6 Å². The summed E-state index contributed by atoms with van der Waals surface area (Å²) in [6, 6.07) is 17.2. The van der Waals surface area contributed by atoms with Crippen LogP contribution < -0.4 is 40.4 Å². The number of carbonyl (C=O) groups excluding carboxylic acids is 6. The summed E-state index contributed by atoms with van der Waals surface area (Å²) in [6.07, 6.45) is 2.90. The summed E-state index contributed by atoms with van der Waals surface area (Å²) >= 11 is 1.37. The minimum absolute atomic E-state index is 0.0463. The number of fused-ring (bicyclic) bond motifs is 4. The molecular formula is C74H92N10O22S2. The van der Waals surface area contributed by atoms with Gasteiger partial charge in [0.05, 0.1) is 55.5 Å². The Balaban J connectivity index is 0.774. The van der Waals surface area contributed by atoms with E-state index in [1.807, 2.05) is 36.1 Å². The minimum Gasteiger partial charge on any atom is -0.496 e. The van der Waals surface area contributed by atoms with Gasteiger partial charge in [-0.1, -0.05) is 51.2 Å². The molecule has 10 rings (SSSR count). The zero-order valence-corrected chi connectivity index (χ0v) is 62.8. The summed E-state index contributed by atoms with van der Waals surface area (Å²) in [7, 11) is -1.74. The van der Waals surface area contributed by atoms with E-state index in [0.29, 0.717) is 75.5 Å². The van der Waals surface area contributed by atoms with Crippen LogP contribution in [-0.2, 0) is 77.3 Å². The number of nitrogens with one attached hydrogen (secondary N) is 5. The molecule has 9 N–H and O–H groups in total. The maximum atomic E-state index is 14.2. The average molecular weight is 1540 g/mol. The number of para-hydroxylation sites is 1. The molecule has 3 unspecified atom stereocenters. The van der Waals surface area contributed by atoms with Crippen LogP contribution in [-0.4, -0.2) is 224 Å². The molecule has 5 aromatic rings. The number of hydrogen-bond donors (Lipinski definition) is 9. The van der Waals surface area contributed by atoms with Gasteiger partial charge >= 0.3 is 18.0 Å². The highest BCUT2D eigenvalue weighted by molar-refractivity contribution is 7.85. The second-order valence-corrected chi connectivity index (χ2v) is 31.7. The summed E-state index contributed by atoms with van der Waals surface area (Å²) in [5, 5.41) is 51.1. The number of methoxy groups -OCH3 is 2. The molecule has 34 heteroatoms. The van der Waals surface area contributed by atoms with Gasteiger partial charge in [-0.25, -0.2) is 24.4 Å². The summed E-state index contributed by atoms with van der Waals surface area (Å²) in [6.45, 7) is 10.6. The third-order valence-electron chi connectivity index (χ3n) is 19.5. The van der Waals surface area contributed by atoms with Crippen molar-refractivity contribution in [3.8, 4) is 17.2 Å². The van der Waals surface area contributed by atoms with Gasteiger partial charge in [0.2, 0.25) is 18.1 Å². The van der Waals surface area contributed by atoms with Crippen LogP contribution in [0.4, 0.5) is 15.7 Å². The molecule has 3 aromatic carbocycles. The number of carboxylic acid groups (broad SMARTS) is 2. The third kappa shape index (κ3) is 20.8. The fraction of sp³-hybridized carbons (Fsp3) is 0.500. The number of imide groups is 1. The van der Waals surface area contributed by atoms with Crippen molar-refractivity contribution in [1.29, 1.82) is 5.41 Å². The predicted octanol–water partition coefficient (Wildman–Crippen LogP) is 6.38. The molecule has 2 aliphatic carbocycles. The zero-order valence-electron chi connectivity index (χ0n) is 61.1. The van der Waals surface area contributed by atoms with E-state index in [1.54, 1.807) is 37.4 Å². The molecule has 2 saturated carbocycles. The first-order chi connectivity index (χ1) is 51.3. The number of thiazole rings is 1. The number of aliphatic hydroxyl groups is 1. The second-order valence-electron chi connectivity index (χ2n) is 29.1. The van der Waals surface area contributed by atoms with Gasteiger partial charge in [-0.3, -0.25) is 38.7 Å². The molecule has 6 amide bonds. The first-order valence-corrected chi connectivity index (χ1v) is 37.7.